The first-order valence-corrected chi connectivity index (χ1v) is 16.1. The number of nitrogens with two attached hydrogens (primary N) is 1. The fraction of sp³-hybridized carbons (Fsp3) is 0.781. The zero-order valence-electron chi connectivity index (χ0n) is 27.9. The van der Waals surface area contributed by atoms with Gasteiger partial charge in [0.05, 0.1) is 13.2 Å². The molecule has 46 heavy (non-hydrogen) atoms. The van der Waals surface area contributed by atoms with Gasteiger partial charge in [-0.05, 0) is 60.7 Å². The van der Waals surface area contributed by atoms with E-state index in [1.807, 2.05) is 13.8 Å². The number of nitrogens with zero attached hydrogens (tertiary/aromatic N) is 1. The Morgan fingerprint density at radius 2 is 1.59 bits per heavy atom. The number of rotatable bonds is 11. The molecule has 5 atom stereocenters. The lowest BCUT2D eigenvalue weighted by Gasteiger charge is -2.40. The van der Waals surface area contributed by atoms with Crippen LogP contribution >= 0.6 is 0 Å². The highest BCUT2D eigenvalue weighted by Crippen LogP contribution is 2.65. The number of Topliss-reactive ketones (excluding diaryl/α,β-unsaturated/α-hetero) is 1. The van der Waals surface area contributed by atoms with E-state index in [1.54, 1.807) is 20.8 Å². The number of ketones is 1. The molecule has 5 amide bonds. The summed E-state index contributed by atoms with van der Waals surface area (Å²) in [6.07, 6.45) is 2.71. The van der Waals surface area contributed by atoms with Crippen molar-refractivity contribution in [1.82, 2.24) is 20.9 Å². The molecule has 14 heteroatoms. The fourth-order valence-corrected chi connectivity index (χ4v) is 7.37. The van der Waals surface area contributed by atoms with E-state index in [1.165, 1.54) is 18.9 Å². The fourth-order valence-electron chi connectivity index (χ4n) is 7.37. The molecule has 1 aliphatic heterocycles. The maximum absolute atomic E-state index is 14.3. The number of carbonyl (C=O) groups excluding carboxylic acids is 7. The lowest BCUT2D eigenvalue weighted by Crippen LogP contribution is -2.64. The lowest BCUT2D eigenvalue weighted by molar-refractivity contribution is -0.154. The number of likely N-dealkylation sites (tertiary alicyclic amines) is 1. The molecule has 4 aliphatic rings. The molecule has 0 bridgehead atoms. The van der Waals surface area contributed by atoms with E-state index < -0.39 is 70.6 Å². The average molecular weight is 648 g/mol. The molecule has 1 unspecified atom stereocenters. The first-order chi connectivity index (χ1) is 21.3. The number of amides is 5. The zero-order chi connectivity index (χ0) is 34.4. The minimum atomic E-state index is -1.38. The van der Waals surface area contributed by atoms with Crippen LogP contribution in [0.3, 0.4) is 0 Å². The van der Waals surface area contributed by atoms with E-state index in [0.29, 0.717) is 19.3 Å². The first kappa shape index (κ1) is 35.1. The molecular weight excluding hydrogens is 598 g/mol. The molecule has 0 aromatic heterocycles. The van der Waals surface area contributed by atoms with Crippen LogP contribution in [-0.4, -0.2) is 89.8 Å². The van der Waals surface area contributed by atoms with Gasteiger partial charge >= 0.3 is 18.0 Å². The molecule has 14 nitrogen and oxygen atoms in total. The van der Waals surface area contributed by atoms with Crippen molar-refractivity contribution in [2.24, 2.45) is 34.3 Å². The monoisotopic (exact) mass is 647 g/mol. The van der Waals surface area contributed by atoms with E-state index in [2.05, 4.69) is 16.0 Å². The number of hydrogen-bond donors (Lipinski definition) is 4. The van der Waals surface area contributed by atoms with Crippen LogP contribution in [0.2, 0.25) is 0 Å². The summed E-state index contributed by atoms with van der Waals surface area (Å²) in [5.74, 6) is -3.99. The van der Waals surface area contributed by atoms with Gasteiger partial charge in [-0.3, -0.25) is 24.0 Å². The molecule has 0 aromatic rings. The molecule has 1 heterocycles. The van der Waals surface area contributed by atoms with E-state index in [4.69, 9.17) is 15.2 Å². The van der Waals surface area contributed by atoms with Crippen LogP contribution in [0, 0.1) is 28.6 Å². The third-order valence-electron chi connectivity index (χ3n) is 10.3. The first-order valence-electron chi connectivity index (χ1n) is 16.1. The van der Waals surface area contributed by atoms with Crippen molar-refractivity contribution in [1.29, 1.82) is 0 Å². The number of ether oxygens (including phenoxy) is 2. The molecular formula is C32H49N5O9. The molecule has 0 radical (unpaired) electrons. The number of urea groups is 1. The quantitative estimate of drug-likeness (QED) is 0.186. The standard InChI is InChI=1S/C32H49N5O9/c1-16(38)46-18-10-12-32(13-11-18,28(43)45-7)36-29(44)35-24(30(2,3)4)27(42)37-15-19-21(31(19,5)6)22(37)26(41)34-20(14-17-8-9-17)23(39)25(33)40/h17-22,24H,8-15H2,1-7H3,(H2,33,40)(H,34,41)(H2,35,36,44)/t18?,19-,20?,21-,22-,24+,32?/m0/s1. The second kappa shape index (κ2) is 12.8. The average Bonchev–Trinajstić information content (AvgIpc) is 3.82. The molecule has 0 aromatic carbocycles. The van der Waals surface area contributed by atoms with Crippen molar-refractivity contribution < 1.29 is 43.0 Å². The summed E-state index contributed by atoms with van der Waals surface area (Å²) in [6, 6.07) is -3.83. The molecule has 4 rings (SSSR count). The number of piperidine rings is 1. The highest BCUT2D eigenvalue weighted by atomic mass is 16.5. The minimum absolute atomic E-state index is 0.0327. The van der Waals surface area contributed by atoms with Crippen LogP contribution in [0.25, 0.3) is 0 Å². The van der Waals surface area contributed by atoms with E-state index in [0.717, 1.165) is 12.8 Å². The van der Waals surface area contributed by atoms with Gasteiger partial charge in [0.1, 0.15) is 23.7 Å². The second-order valence-electron chi connectivity index (χ2n) is 15.1. The van der Waals surface area contributed by atoms with E-state index >= 15 is 0 Å². The third kappa shape index (κ3) is 7.30. The van der Waals surface area contributed by atoms with Crippen LogP contribution in [-0.2, 0) is 38.2 Å². The Morgan fingerprint density at radius 1 is 0.978 bits per heavy atom. The van der Waals surface area contributed by atoms with Gasteiger partial charge < -0.3 is 36.1 Å². The van der Waals surface area contributed by atoms with Crippen molar-refractivity contribution >= 4 is 41.5 Å². The predicted octanol–water partition coefficient (Wildman–Crippen LogP) is 0.940. The number of hydrogen-bond acceptors (Lipinski definition) is 9. The summed E-state index contributed by atoms with van der Waals surface area (Å²) in [6.45, 7) is 11.0. The Hall–Kier alpha value is -3.71. The van der Waals surface area contributed by atoms with E-state index in [-0.39, 0.29) is 48.7 Å². The number of fused-ring (bicyclic) bond motifs is 1. The number of primary amides is 1. The van der Waals surface area contributed by atoms with Crippen LogP contribution in [0.5, 0.6) is 0 Å². The van der Waals surface area contributed by atoms with Crippen molar-refractivity contribution in [3.63, 3.8) is 0 Å². The van der Waals surface area contributed by atoms with Gasteiger partial charge in [-0.2, -0.15) is 0 Å². The third-order valence-corrected chi connectivity index (χ3v) is 10.3. The van der Waals surface area contributed by atoms with Gasteiger partial charge in [0, 0.05) is 13.5 Å². The minimum Gasteiger partial charge on any atom is -0.467 e. The molecule has 3 saturated carbocycles. The molecule has 4 fully saturated rings. The van der Waals surface area contributed by atoms with Gasteiger partial charge in [0.2, 0.25) is 17.6 Å². The topological polar surface area (TPSA) is 203 Å². The largest absolute Gasteiger partial charge is 0.467 e. The van der Waals surface area contributed by atoms with Gasteiger partial charge in [-0.15, -0.1) is 0 Å². The second-order valence-corrected chi connectivity index (χ2v) is 15.1. The van der Waals surface area contributed by atoms with Crippen LogP contribution in [0.4, 0.5) is 4.79 Å². The number of methoxy groups -OCH3 is 1. The summed E-state index contributed by atoms with van der Waals surface area (Å²) in [5, 5.41) is 8.25. The normalized spacial score (nSPS) is 29.3. The maximum atomic E-state index is 14.3. The highest BCUT2D eigenvalue weighted by molar-refractivity contribution is 6.37. The Bertz CT molecular complexity index is 1280. The Kier molecular flexibility index (Phi) is 9.80. The van der Waals surface area contributed by atoms with Crippen molar-refractivity contribution in [3.05, 3.63) is 0 Å². The molecule has 1 saturated heterocycles. The Morgan fingerprint density at radius 3 is 2.09 bits per heavy atom. The summed E-state index contributed by atoms with van der Waals surface area (Å²) in [5.41, 5.74) is 2.87. The lowest BCUT2D eigenvalue weighted by atomic mass is 9.80. The van der Waals surface area contributed by atoms with Crippen LogP contribution in [0.1, 0.15) is 86.5 Å². The molecule has 5 N–H and O–H groups in total. The molecule has 256 valence electrons. The number of esters is 2. The van der Waals surface area contributed by atoms with Gasteiger partial charge in [0.15, 0.2) is 0 Å². The van der Waals surface area contributed by atoms with Crippen LogP contribution in [0.15, 0.2) is 0 Å². The smallest absolute Gasteiger partial charge is 0.331 e. The predicted molar refractivity (Wildman–Crippen MR) is 163 cm³/mol. The summed E-state index contributed by atoms with van der Waals surface area (Å²) >= 11 is 0. The van der Waals surface area contributed by atoms with Gasteiger partial charge in [0.25, 0.3) is 5.91 Å². The van der Waals surface area contributed by atoms with Gasteiger partial charge in [-0.25, -0.2) is 9.59 Å². The zero-order valence-corrected chi connectivity index (χ0v) is 27.9. The van der Waals surface area contributed by atoms with Gasteiger partial charge in [-0.1, -0.05) is 47.5 Å². The number of carbonyl (C=O) groups is 7. The summed E-state index contributed by atoms with van der Waals surface area (Å²) in [7, 11) is 1.22. The highest BCUT2D eigenvalue weighted by Gasteiger charge is 2.70. The summed E-state index contributed by atoms with van der Waals surface area (Å²) < 4.78 is 10.3. The van der Waals surface area contributed by atoms with Crippen molar-refractivity contribution in [2.75, 3.05) is 13.7 Å². The Balaban J connectivity index is 1.52. The Labute approximate surface area is 269 Å². The SMILES string of the molecule is COC(=O)C1(NC(=O)N[C@H](C(=O)N2C[C@H]3[C@@H]([C@H]2C(=O)NC(CC2CC2)C(=O)C(N)=O)C3(C)C)C(C)(C)C)CCC(OC(C)=O)CC1. The van der Waals surface area contributed by atoms with E-state index in [9.17, 15) is 33.6 Å². The van der Waals surface area contributed by atoms with Crippen molar-refractivity contribution in [2.45, 2.75) is 116 Å². The van der Waals surface area contributed by atoms with Crippen LogP contribution < -0.4 is 21.7 Å². The molecule has 0 spiro atoms. The summed E-state index contributed by atoms with van der Waals surface area (Å²) in [4.78, 5) is 91.7. The van der Waals surface area contributed by atoms with Crippen molar-refractivity contribution in [3.8, 4) is 0 Å². The number of nitrogens with one attached hydrogen (secondary N) is 3. The maximum Gasteiger partial charge on any atom is 0.331 e. The molecule has 3 aliphatic carbocycles.